The Bertz CT molecular complexity index is 109. The molecular weight excluding hydrogens is 305 g/mol. The third-order valence-corrected chi connectivity index (χ3v) is 1.09. The van der Waals surface area contributed by atoms with Crippen LogP contribution in [0.2, 0.25) is 0 Å². The van der Waals surface area contributed by atoms with Crippen LogP contribution in [-0.4, -0.2) is 5.78 Å². The molecule has 0 radical (unpaired) electrons. The molecule has 8 heavy (non-hydrogen) atoms. The fraction of sp³-hybridized carbons (Fsp3) is 0.400. The minimum Gasteiger partial charge on any atom is -0.787 e. The third-order valence-electron chi connectivity index (χ3n) is 0.732. The molecule has 0 atom stereocenters. The second-order valence-electron chi connectivity index (χ2n) is 1.36. The summed E-state index contributed by atoms with van der Waals surface area (Å²) in [4.78, 5) is 10.2. The summed E-state index contributed by atoms with van der Waals surface area (Å²) in [5, 5.41) is 1.39. The van der Waals surface area contributed by atoms with Gasteiger partial charge >= 0.3 is 22.4 Å². The molecule has 0 aromatic rings. The Hall–Kier alpha value is 0.370. The van der Waals surface area contributed by atoms with Crippen molar-refractivity contribution < 1.29 is 27.2 Å². The van der Waals surface area contributed by atoms with Crippen molar-refractivity contribution in [1.29, 1.82) is 0 Å². The molecule has 0 rings (SSSR count). The van der Waals surface area contributed by atoms with Gasteiger partial charge in [0.25, 0.3) is 0 Å². The predicted octanol–water partition coefficient (Wildman–Crippen LogP) is 1.02. The largest absolute Gasteiger partial charge is 1.00 e. The van der Waals surface area contributed by atoms with E-state index in [1.165, 1.54) is 12.3 Å². The van der Waals surface area contributed by atoms with E-state index in [4.69, 9.17) is 0 Å². The zero-order chi connectivity index (χ0) is 5.86. The van der Waals surface area contributed by atoms with Crippen molar-refractivity contribution >= 4 is 18.4 Å². The quantitative estimate of drug-likeness (QED) is 0.409. The van der Waals surface area contributed by atoms with E-state index in [1.54, 1.807) is 6.92 Å². The van der Waals surface area contributed by atoms with Crippen LogP contribution >= 0.6 is 0 Å². The number of carbonyl (C=O) groups excluding carboxylic acids is 1. The fourth-order valence-corrected chi connectivity index (χ4v) is 0.249. The number of hydrogen-bond acceptors (Lipinski definition) is 2. The number of ketones is 1. The zero-order valence-corrected chi connectivity index (χ0v) is 7.68. The van der Waals surface area contributed by atoms with Crippen LogP contribution in [-0.2, 0) is 39.8 Å². The SMILES string of the molecule is CC(=O)/C(C)=C\[S-].[Au+]. The average molecular weight is 312 g/mol. The standard InChI is InChI=1S/C5H8OS.Au/c1-4(3-7)5(2)6;/h3,7H,1-2H3;/q;+1/p-1/b4-3-;. The molecule has 3 heteroatoms. The first-order valence-corrected chi connectivity index (χ1v) is 2.45. The second-order valence-corrected chi connectivity index (χ2v) is 1.59. The van der Waals surface area contributed by atoms with Crippen LogP contribution in [0.15, 0.2) is 11.0 Å². The van der Waals surface area contributed by atoms with Gasteiger partial charge in [0.1, 0.15) is 0 Å². The second kappa shape index (κ2) is 5.51. The van der Waals surface area contributed by atoms with Crippen LogP contribution in [0, 0.1) is 0 Å². The molecule has 0 unspecified atom stereocenters. The van der Waals surface area contributed by atoms with Gasteiger partial charge in [-0.1, -0.05) is 0 Å². The van der Waals surface area contributed by atoms with E-state index < -0.39 is 0 Å². The number of hydrogen-bond donors (Lipinski definition) is 0. The molecule has 0 N–H and O–H groups in total. The molecule has 0 heterocycles. The molecule has 0 aliphatic rings. The Morgan fingerprint density at radius 2 is 1.88 bits per heavy atom. The summed E-state index contributed by atoms with van der Waals surface area (Å²) in [7, 11) is 0. The minimum atomic E-state index is 0. The number of carbonyl (C=O) groups is 1. The van der Waals surface area contributed by atoms with Crippen LogP contribution in [0.1, 0.15) is 13.8 Å². The number of Topliss-reactive ketones (excluding diaryl/α,β-unsaturated/α-hetero) is 1. The maximum atomic E-state index is 10.2. The molecule has 0 saturated carbocycles. The minimum absolute atomic E-state index is 0. The van der Waals surface area contributed by atoms with Crippen molar-refractivity contribution in [2.75, 3.05) is 0 Å². The number of allylic oxidation sites excluding steroid dienone is 1. The summed E-state index contributed by atoms with van der Waals surface area (Å²) >= 11 is 4.47. The van der Waals surface area contributed by atoms with Gasteiger partial charge in [-0.2, -0.15) is 0 Å². The Labute approximate surface area is 70.5 Å². The average Bonchev–Trinajstić information content (AvgIpc) is 1.65. The van der Waals surface area contributed by atoms with Gasteiger partial charge in [0.15, 0.2) is 5.78 Å². The van der Waals surface area contributed by atoms with Gasteiger partial charge in [0, 0.05) is 0 Å². The first-order chi connectivity index (χ1) is 3.18. The van der Waals surface area contributed by atoms with Gasteiger partial charge in [-0.15, -0.1) is 0 Å². The summed E-state index contributed by atoms with van der Waals surface area (Å²) in [6.45, 7) is 3.20. The van der Waals surface area contributed by atoms with Gasteiger partial charge in [0.2, 0.25) is 0 Å². The van der Waals surface area contributed by atoms with Crippen LogP contribution < -0.4 is 0 Å². The molecule has 0 spiro atoms. The van der Waals surface area contributed by atoms with Crippen molar-refractivity contribution in [2.45, 2.75) is 13.8 Å². The Morgan fingerprint density at radius 3 is 1.88 bits per heavy atom. The maximum absolute atomic E-state index is 10.2. The smallest absolute Gasteiger partial charge is 0.787 e. The van der Waals surface area contributed by atoms with Gasteiger partial charge in [-0.3, -0.25) is 4.79 Å². The van der Waals surface area contributed by atoms with Gasteiger partial charge in [-0.25, -0.2) is 5.41 Å². The summed E-state index contributed by atoms with van der Waals surface area (Å²) in [6, 6.07) is 0. The molecule has 0 saturated heterocycles. The molecule has 0 aromatic heterocycles. The first-order valence-electron chi connectivity index (χ1n) is 1.98. The van der Waals surface area contributed by atoms with E-state index in [0.29, 0.717) is 5.57 Å². The van der Waals surface area contributed by atoms with Crippen molar-refractivity contribution in [1.82, 2.24) is 0 Å². The topological polar surface area (TPSA) is 17.1 Å². The van der Waals surface area contributed by atoms with Crippen molar-refractivity contribution in [3.8, 4) is 0 Å². The molecule has 1 nitrogen and oxygen atoms in total. The third kappa shape index (κ3) is 4.53. The Balaban J connectivity index is 0. The Morgan fingerprint density at radius 1 is 1.50 bits per heavy atom. The summed E-state index contributed by atoms with van der Waals surface area (Å²) < 4.78 is 0. The van der Waals surface area contributed by atoms with E-state index in [-0.39, 0.29) is 28.2 Å². The molecule has 0 amide bonds. The molecule has 0 bridgehead atoms. The normalized spacial score (nSPS) is 10.0. The van der Waals surface area contributed by atoms with Gasteiger partial charge in [0.05, 0.1) is 0 Å². The molecule has 0 fully saturated rings. The fourth-order valence-electron chi connectivity index (χ4n) is 0.0830. The van der Waals surface area contributed by atoms with Crippen LogP contribution in [0.4, 0.5) is 0 Å². The van der Waals surface area contributed by atoms with E-state index in [2.05, 4.69) is 12.6 Å². The molecule has 50 valence electrons. The van der Waals surface area contributed by atoms with Gasteiger partial charge in [-0.05, 0) is 19.4 Å². The molecule has 0 aliphatic carbocycles. The van der Waals surface area contributed by atoms with E-state index in [9.17, 15) is 4.79 Å². The van der Waals surface area contributed by atoms with Crippen molar-refractivity contribution in [3.05, 3.63) is 11.0 Å². The summed E-state index contributed by atoms with van der Waals surface area (Å²) in [5.41, 5.74) is 0.648. The molecule has 0 aliphatic heterocycles. The zero-order valence-electron chi connectivity index (χ0n) is 4.70. The van der Waals surface area contributed by atoms with Gasteiger partial charge < -0.3 is 12.6 Å². The predicted molar refractivity (Wildman–Crippen MR) is 31.8 cm³/mol. The molecular formula is C5H7AuOS. The van der Waals surface area contributed by atoms with Crippen LogP contribution in [0.25, 0.3) is 0 Å². The Kier molecular flexibility index (Phi) is 7.71. The summed E-state index contributed by atoms with van der Waals surface area (Å²) in [6.07, 6.45) is 0. The van der Waals surface area contributed by atoms with E-state index in [0.717, 1.165) is 0 Å². The van der Waals surface area contributed by atoms with E-state index >= 15 is 0 Å². The van der Waals surface area contributed by atoms with Crippen molar-refractivity contribution in [3.63, 3.8) is 0 Å². The first kappa shape index (κ1) is 11.2. The monoisotopic (exact) mass is 312 g/mol. The maximum Gasteiger partial charge on any atom is 1.00 e. The summed E-state index contributed by atoms with van der Waals surface area (Å²) in [5.74, 6) is 0.0509. The van der Waals surface area contributed by atoms with Crippen LogP contribution in [0.3, 0.4) is 0 Å². The van der Waals surface area contributed by atoms with E-state index in [1.807, 2.05) is 0 Å². The number of rotatable bonds is 1. The van der Waals surface area contributed by atoms with Crippen LogP contribution in [0.5, 0.6) is 0 Å². The van der Waals surface area contributed by atoms with Crippen molar-refractivity contribution in [2.24, 2.45) is 0 Å². The molecule has 0 aromatic carbocycles.